The molecule has 0 amide bonds. The number of ether oxygens (including phenoxy) is 1. The highest BCUT2D eigenvalue weighted by molar-refractivity contribution is 6.25. The fourth-order valence-electron chi connectivity index (χ4n) is 7.90. The molecule has 10 aromatic carbocycles. The van der Waals surface area contributed by atoms with Crippen LogP contribution in [0.1, 0.15) is 13.7 Å². The Labute approximate surface area is 310 Å². The Bertz CT molecular complexity index is 3500. The molecule has 0 unspecified atom stereocenters. The quantitative estimate of drug-likeness (QED) is 0.171. The number of hydrogen-bond donors (Lipinski definition) is 0. The first kappa shape index (κ1) is 20.1. The molecule has 1 aliphatic heterocycles. The highest BCUT2D eigenvalue weighted by Crippen LogP contribution is 2.50. The van der Waals surface area contributed by atoms with E-state index in [-0.39, 0.29) is 35.3 Å². The van der Waals surface area contributed by atoms with Crippen molar-refractivity contribution in [2.45, 2.75) is 0 Å². The molecule has 1 aliphatic rings. The van der Waals surface area contributed by atoms with E-state index in [1.54, 1.807) is 12.1 Å². The number of fused-ring (bicyclic) bond motifs is 2. The third kappa shape index (κ3) is 4.35. The van der Waals surface area contributed by atoms with E-state index in [1.807, 2.05) is 48.5 Å². The molecule has 1 heterocycles. The van der Waals surface area contributed by atoms with Gasteiger partial charge in [-0.2, -0.15) is 0 Å². The lowest BCUT2D eigenvalue weighted by atomic mass is 9.86. The monoisotopic (exact) mass is 656 g/mol. The fourth-order valence-corrected chi connectivity index (χ4v) is 7.90. The van der Waals surface area contributed by atoms with Crippen molar-refractivity contribution in [3.63, 3.8) is 0 Å². The minimum absolute atomic E-state index is 0.0937. The van der Waals surface area contributed by atoms with E-state index < -0.39 is 36.3 Å². The van der Waals surface area contributed by atoms with Gasteiger partial charge in [0.2, 0.25) is 0 Å². The molecule has 0 fully saturated rings. The lowest BCUT2D eigenvalue weighted by molar-refractivity contribution is 0.487. The van der Waals surface area contributed by atoms with Gasteiger partial charge in [0.25, 0.3) is 0 Å². The van der Waals surface area contributed by atoms with Crippen LogP contribution in [0.2, 0.25) is 0 Å². The van der Waals surface area contributed by atoms with Crippen molar-refractivity contribution in [2.75, 3.05) is 0 Å². The van der Waals surface area contributed by atoms with Gasteiger partial charge in [-0.25, -0.2) is 0 Å². The molecule has 0 N–H and O–H groups in total. The van der Waals surface area contributed by atoms with Crippen LogP contribution in [0.3, 0.4) is 0 Å². The van der Waals surface area contributed by atoms with Crippen molar-refractivity contribution in [1.82, 2.24) is 0 Å². The topological polar surface area (TPSA) is 9.23 Å². The minimum Gasteiger partial charge on any atom is -0.456 e. The van der Waals surface area contributed by atoms with Gasteiger partial charge in [-0.05, 0) is 124 Å². The lowest BCUT2D eigenvalue weighted by Crippen LogP contribution is -1.98. The molecule has 0 saturated carbocycles. The molecule has 0 aromatic heterocycles. The van der Waals surface area contributed by atoms with Crippen LogP contribution in [0.5, 0.6) is 11.5 Å². The van der Waals surface area contributed by atoms with Crippen LogP contribution in [-0.2, 0) is 0 Å². The van der Waals surface area contributed by atoms with Crippen molar-refractivity contribution >= 4 is 43.1 Å². The zero-order valence-corrected chi connectivity index (χ0v) is 27.0. The second-order valence-corrected chi connectivity index (χ2v) is 12.9. The maximum atomic E-state index is 8.97. The van der Waals surface area contributed by atoms with E-state index >= 15 is 0 Å². The van der Waals surface area contributed by atoms with Crippen LogP contribution >= 0.6 is 0 Å². The average molecular weight is 657 g/mol. The van der Waals surface area contributed by atoms with Crippen molar-refractivity contribution in [3.05, 3.63) is 182 Å². The Morgan fingerprint density at radius 2 is 0.902 bits per heavy atom. The lowest BCUT2D eigenvalue weighted by Gasteiger charge is -2.23. The van der Waals surface area contributed by atoms with E-state index in [1.165, 1.54) is 5.39 Å². The maximum Gasteiger partial charge on any atom is 0.135 e. The van der Waals surface area contributed by atoms with Crippen LogP contribution in [0.25, 0.3) is 98.7 Å². The van der Waals surface area contributed by atoms with E-state index in [0.717, 1.165) is 71.1 Å². The molecule has 0 aliphatic carbocycles. The van der Waals surface area contributed by atoms with Crippen molar-refractivity contribution < 1.29 is 18.4 Å². The Balaban J connectivity index is 1.14. The van der Waals surface area contributed by atoms with Gasteiger partial charge in [0, 0.05) is 10.9 Å². The summed E-state index contributed by atoms with van der Waals surface area (Å²) in [7, 11) is 0. The second-order valence-electron chi connectivity index (χ2n) is 12.9. The molecule has 236 valence electrons. The highest BCUT2D eigenvalue weighted by atomic mass is 16.5. The van der Waals surface area contributed by atoms with E-state index in [0.29, 0.717) is 22.6 Å². The summed E-state index contributed by atoms with van der Waals surface area (Å²) in [4.78, 5) is 0. The Morgan fingerprint density at radius 1 is 0.333 bits per heavy atom. The predicted octanol–water partition coefficient (Wildman–Crippen LogP) is 14.2. The molecule has 11 rings (SSSR count). The molecule has 0 spiro atoms. The van der Waals surface area contributed by atoms with Crippen molar-refractivity contribution in [3.8, 4) is 67.1 Å². The molecular weight excluding hydrogens is 617 g/mol. The summed E-state index contributed by atoms with van der Waals surface area (Å²) in [5.74, 6) is 1.06. The standard InChI is InChI=1S/C50H30O/c1-3-9-31(10-4-1)36-21-23-42-44-16-8-15-43-41(25-26-46(50(43)44)51-47(42)30-36)39-28-37(32-11-5-2-6-12-32)27-38(29-39)40-22-19-35-18-17-33-13-7-14-34-20-24-45(40)49(35)48(33)34/h1-30H/i1D,2D,3D,4D,5D,6D,9D,10D,11D,12D. The molecule has 0 radical (unpaired) electrons. The fraction of sp³-hybridized carbons (Fsp3) is 0. The summed E-state index contributed by atoms with van der Waals surface area (Å²) >= 11 is 0. The normalized spacial score (nSPS) is 14.8. The summed E-state index contributed by atoms with van der Waals surface area (Å²) in [6.45, 7) is 0. The van der Waals surface area contributed by atoms with Crippen molar-refractivity contribution in [2.24, 2.45) is 0 Å². The summed E-state index contributed by atoms with van der Waals surface area (Å²) in [6, 6.07) is 36.4. The largest absolute Gasteiger partial charge is 0.456 e. The van der Waals surface area contributed by atoms with Gasteiger partial charge >= 0.3 is 0 Å². The summed E-state index contributed by atoms with van der Waals surface area (Å²) in [6.07, 6.45) is 0. The number of hydrogen-bond acceptors (Lipinski definition) is 1. The molecule has 1 nitrogen and oxygen atoms in total. The molecule has 0 atom stereocenters. The van der Waals surface area contributed by atoms with Gasteiger partial charge in [0.15, 0.2) is 0 Å². The van der Waals surface area contributed by atoms with Gasteiger partial charge in [-0.1, -0.05) is 145 Å². The molecular formula is C50H30O. The van der Waals surface area contributed by atoms with E-state index in [4.69, 9.17) is 18.4 Å². The SMILES string of the molecule is [2H]c1c([2H])c([2H])c(-c2cc(-c3ccc4c5c(cccc35)-c3ccc(-c5c([2H])c([2H])c([2H])c([2H])c5[2H])cc3O4)cc(-c3ccc4ccc5cccc6ccc3c4c56)c2)c([2H])c1[2H]. The van der Waals surface area contributed by atoms with Crippen LogP contribution < -0.4 is 4.74 Å². The van der Waals surface area contributed by atoms with Crippen LogP contribution in [-0.4, -0.2) is 0 Å². The van der Waals surface area contributed by atoms with Gasteiger partial charge in [0.05, 0.1) is 13.7 Å². The van der Waals surface area contributed by atoms with Crippen LogP contribution in [0.4, 0.5) is 0 Å². The molecule has 51 heavy (non-hydrogen) atoms. The second kappa shape index (κ2) is 10.9. The first-order valence-electron chi connectivity index (χ1n) is 21.8. The van der Waals surface area contributed by atoms with Gasteiger partial charge in [0.1, 0.15) is 11.5 Å². The Hall–Kier alpha value is -6.70. The van der Waals surface area contributed by atoms with E-state index in [9.17, 15) is 0 Å². The third-order valence-corrected chi connectivity index (χ3v) is 10.2. The Kier molecular flexibility index (Phi) is 4.29. The first-order valence-corrected chi connectivity index (χ1v) is 16.8. The van der Waals surface area contributed by atoms with Crippen LogP contribution in [0, 0.1) is 0 Å². The smallest absolute Gasteiger partial charge is 0.135 e. The number of rotatable bonds is 4. The van der Waals surface area contributed by atoms with Gasteiger partial charge in [-0.15, -0.1) is 0 Å². The molecule has 10 aromatic rings. The Morgan fingerprint density at radius 3 is 1.65 bits per heavy atom. The molecule has 1 heteroatoms. The average Bonchev–Trinajstić information content (AvgIpc) is 3.28. The summed E-state index contributed by atoms with van der Waals surface area (Å²) in [5, 5.41) is 8.44. The molecule has 0 bridgehead atoms. The minimum atomic E-state index is -0.453. The zero-order valence-electron chi connectivity index (χ0n) is 37.0. The van der Waals surface area contributed by atoms with E-state index in [2.05, 4.69) is 60.7 Å². The van der Waals surface area contributed by atoms with Crippen molar-refractivity contribution in [1.29, 1.82) is 0 Å². The number of benzene rings is 10. The van der Waals surface area contributed by atoms with Gasteiger partial charge in [-0.3, -0.25) is 0 Å². The third-order valence-electron chi connectivity index (χ3n) is 10.2. The summed E-state index contributed by atoms with van der Waals surface area (Å²) in [5.41, 5.74) is 6.16. The highest BCUT2D eigenvalue weighted by Gasteiger charge is 2.23. The molecule has 0 saturated heterocycles. The maximum absolute atomic E-state index is 8.97. The first-order chi connectivity index (χ1) is 29.4. The predicted molar refractivity (Wildman–Crippen MR) is 215 cm³/mol. The van der Waals surface area contributed by atoms with Crippen LogP contribution in [0.15, 0.2) is 182 Å². The van der Waals surface area contributed by atoms with Gasteiger partial charge < -0.3 is 4.74 Å². The zero-order chi connectivity index (χ0) is 42.2. The summed E-state index contributed by atoms with van der Waals surface area (Å²) < 4.78 is 91.4.